The minimum Gasteiger partial charge on any atom is -0.356 e. The van der Waals surface area contributed by atoms with Crippen molar-refractivity contribution in [2.75, 3.05) is 5.43 Å². The van der Waals surface area contributed by atoms with Crippen LogP contribution >= 0.6 is 0 Å². The summed E-state index contributed by atoms with van der Waals surface area (Å²) >= 11 is 0. The molecule has 0 aliphatic rings. The van der Waals surface area contributed by atoms with Gasteiger partial charge in [-0.3, -0.25) is 5.10 Å². The number of anilines is 1. The van der Waals surface area contributed by atoms with Crippen LogP contribution in [-0.2, 0) is 10.2 Å². The molecule has 1 aromatic heterocycles. The molecule has 0 aromatic carbocycles. The summed E-state index contributed by atoms with van der Waals surface area (Å²) in [5.74, 6) is -0.419. The van der Waals surface area contributed by atoms with Crippen molar-refractivity contribution >= 4 is 23.1 Å². The van der Waals surface area contributed by atoms with E-state index in [0.29, 0.717) is 11.4 Å². The van der Waals surface area contributed by atoms with E-state index in [2.05, 4.69) is 30.4 Å². The topological polar surface area (TPSA) is 78.9 Å². The molecular formula is C15H20N6O. The number of hydrogen-bond acceptors (Lipinski definition) is 4. The van der Waals surface area contributed by atoms with E-state index in [9.17, 15) is 4.79 Å². The van der Waals surface area contributed by atoms with Gasteiger partial charge >= 0.3 is 5.84 Å². The van der Waals surface area contributed by atoms with E-state index in [1.54, 1.807) is 20.8 Å². The molecule has 0 aliphatic heterocycles. The van der Waals surface area contributed by atoms with E-state index in [4.69, 9.17) is 13.1 Å². The molecule has 1 rings (SSSR count). The summed E-state index contributed by atoms with van der Waals surface area (Å²) < 4.78 is 0. The van der Waals surface area contributed by atoms with Crippen LogP contribution < -0.4 is 5.43 Å². The second-order valence-corrected chi connectivity index (χ2v) is 6.90. The fourth-order valence-corrected chi connectivity index (χ4v) is 1.61. The molecule has 0 unspecified atom stereocenters. The summed E-state index contributed by atoms with van der Waals surface area (Å²) in [6.07, 6.45) is 0. The third-order valence-corrected chi connectivity index (χ3v) is 2.86. The Bertz CT molecular complexity index is 686. The number of aromatic amines is 1. The van der Waals surface area contributed by atoms with Gasteiger partial charge in [-0.25, -0.2) is 4.85 Å². The minimum absolute atomic E-state index is 0.211. The number of ketones is 1. The average molecular weight is 300 g/mol. The first-order valence-corrected chi connectivity index (χ1v) is 6.74. The molecule has 0 spiro atoms. The van der Waals surface area contributed by atoms with Crippen LogP contribution in [0.25, 0.3) is 9.69 Å². The Hall–Kier alpha value is -2.67. The minimum atomic E-state index is -0.699. The number of H-pyrrole nitrogens is 1. The van der Waals surface area contributed by atoms with Crippen molar-refractivity contribution in [1.82, 2.24) is 10.2 Å². The van der Waals surface area contributed by atoms with Crippen molar-refractivity contribution in [1.29, 1.82) is 0 Å². The predicted octanol–water partition coefficient (Wildman–Crippen LogP) is 3.52. The number of nitrogens with one attached hydrogen (secondary N) is 2. The van der Waals surface area contributed by atoms with E-state index in [0.717, 1.165) is 0 Å². The number of hydrazone groups is 1. The van der Waals surface area contributed by atoms with Crippen LogP contribution in [0.1, 0.15) is 47.2 Å². The van der Waals surface area contributed by atoms with Crippen molar-refractivity contribution in [3.05, 3.63) is 28.5 Å². The van der Waals surface area contributed by atoms with Gasteiger partial charge in [0.25, 0.3) is 5.69 Å². The molecule has 2 N–H and O–H groups in total. The highest BCUT2D eigenvalue weighted by Crippen LogP contribution is 2.35. The quantitative estimate of drug-likeness (QED) is 0.388. The number of carbonyl (C=O) groups is 1. The van der Waals surface area contributed by atoms with Gasteiger partial charge in [0.15, 0.2) is 11.6 Å². The van der Waals surface area contributed by atoms with Crippen LogP contribution in [-0.4, -0.2) is 21.8 Å². The standard InChI is InChI=1S/C15H20N6O/c1-14(2,3)10-9(16-7)12(19-18-10)20-21-13(17-8)11(22)15(4,5)6/h1-6H3,(H2,18,19,20). The molecule has 7 heteroatoms. The number of Topliss-reactive ketones (excluding diaryl/α,β-unsaturated/α-hetero) is 1. The summed E-state index contributed by atoms with van der Waals surface area (Å²) in [5.41, 5.74) is 2.56. The highest BCUT2D eigenvalue weighted by Gasteiger charge is 2.28. The molecule has 0 fully saturated rings. The van der Waals surface area contributed by atoms with E-state index < -0.39 is 5.41 Å². The Labute approximate surface area is 130 Å². The van der Waals surface area contributed by atoms with Crippen LogP contribution in [0.15, 0.2) is 5.10 Å². The third-order valence-electron chi connectivity index (χ3n) is 2.86. The fourth-order valence-electron chi connectivity index (χ4n) is 1.61. The maximum atomic E-state index is 12.1. The molecule has 0 bridgehead atoms. The van der Waals surface area contributed by atoms with Gasteiger partial charge in [-0.1, -0.05) is 48.1 Å². The van der Waals surface area contributed by atoms with Gasteiger partial charge in [0.05, 0.1) is 6.57 Å². The van der Waals surface area contributed by atoms with Crippen molar-refractivity contribution in [3.63, 3.8) is 0 Å². The first-order chi connectivity index (χ1) is 10.0. The largest absolute Gasteiger partial charge is 0.356 e. The summed E-state index contributed by atoms with van der Waals surface area (Å²) in [6, 6.07) is 0. The lowest BCUT2D eigenvalue weighted by atomic mass is 9.90. The van der Waals surface area contributed by atoms with Gasteiger partial charge in [-0.05, 0) is 10.5 Å². The van der Waals surface area contributed by atoms with Gasteiger partial charge in [0, 0.05) is 11.1 Å². The van der Waals surface area contributed by atoms with Crippen LogP contribution in [0.2, 0.25) is 0 Å². The van der Waals surface area contributed by atoms with E-state index in [1.807, 2.05) is 20.8 Å². The summed E-state index contributed by atoms with van der Waals surface area (Å²) in [5, 5.41) is 10.6. The second-order valence-electron chi connectivity index (χ2n) is 6.90. The lowest BCUT2D eigenvalue weighted by Gasteiger charge is -2.16. The molecule has 0 radical (unpaired) electrons. The molecule has 1 aromatic rings. The van der Waals surface area contributed by atoms with Crippen LogP contribution in [0.3, 0.4) is 0 Å². The number of aromatic nitrogens is 2. The van der Waals surface area contributed by atoms with Crippen molar-refractivity contribution in [3.8, 4) is 0 Å². The summed E-state index contributed by atoms with van der Waals surface area (Å²) in [4.78, 5) is 18.7. The lowest BCUT2D eigenvalue weighted by Crippen LogP contribution is -2.27. The Morgan fingerprint density at radius 1 is 1.23 bits per heavy atom. The van der Waals surface area contributed by atoms with E-state index in [-0.39, 0.29) is 22.9 Å². The molecular weight excluding hydrogens is 280 g/mol. The number of amidine groups is 1. The molecule has 0 saturated heterocycles. The van der Waals surface area contributed by atoms with Gasteiger partial charge in [0.1, 0.15) is 0 Å². The van der Waals surface area contributed by atoms with Crippen molar-refractivity contribution in [2.24, 2.45) is 10.5 Å². The number of rotatable bonds is 3. The van der Waals surface area contributed by atoms with Crippen LogP contribution in [0, 0.1) is 18.6 Å². The first kappa shape index (κ1) is 17.4. The molecule has 1 heterocycles. The average Bonchev–Trinajstić information content (AvgIpc) is 2.81. The fraction of sp³-hybridized carbons (Fsp3) is 0.533. The first-order valence-electron chi connectivity index (χ1n) is 6.74. The van der Waals surface area contributed by atoms with E-state index >= 15 is 0 Å². The van der Waals surface area contributed by atoms with E-state index in [1.165, 1.54) is 0 Å². The van der Waals surface area contributed by atoms with Crippen LogP contribution in [0.4, 0.5) is 11.5 Å². The summed E-state index contributed by atoms with van der Waals surface area (Å²) in [7, 11) is 0. The SMILES string of the molecule is [C-]#[N+]C(=NNc1n[nH]c(C(C)(C)C)c1[N+]#[C-])C(=O)C(C)(C)C. The number of carbonyl (C=O) groups excluding carboxylic acids is 1. The molecule has 22 heavy (non-hydrogen) atoms. The molecule has 0 saturated carbocycles. The maximum absolute atomic E-state index is 12.1. The molecule has 7 nitrogen and oxygen atoms in total. The zero-order valence-corrected chi connectivity index (χ0v) is 13.7. The smallest absolute Gasteiger partial charge is 0.336 e. The highest BCUT2D eigenvalue weighted by atomic mass is 16.1. The molecule has 116 valence electrons. The highest BCUT2D eigenvalue weighted by molar-refractivity contribution is 6.44. The van der Waals surface area contributed by atoms with Crippen molar-refractivity contribution < 1.29 is 4.79 Å². The van der Waals surface area contributed by atoms with Crippen molar-refractivity contribution in [2.45, 2.75) is 47.0 Å². The molecule has 0 aliphatic carbocycles. The molecule has 0 amide bonds. The Morgan fingerprint density at radius 2 is 1.82 bits per heavy atom. The Balaban J connectivity index is 3.14. The predicted molar refractivity (Wildman–Crippen MR) is 85.7 cm³/mol. The zero-order chi connectivity index (χ0) is 17.1. The molecule has 0 atom stereocenters. The second kappa shape index (κ2) is 5.98. The number of nitrogens with zero attached hydrogens (tertiary/aromatic N) is 4. The van der Waals surface area contributed by atoms with Crippen LogP contribution in [0.5, 0.6) is 0 Å². The van der Waals surface area contributed by atoms with Gasteiger partial charge < -0.3 is 9.64 Å². The Kier molecular flexibility index (Phi) is 4.73. The van der Waals surface area contributed by atoms with Gasteiger partial charge in [-0.2, -0.15) is 10.5 Å². The maximum Gasteiger partial charge on any atom is 0.336 e. The monoisotopic (exact) mass is 300 g/mol. The summed E-state index contributed by atoms with van der Waals surface area (Å²) in [6.45, 7) is 25.4. The number of hydrogen-bond donors (Lipinski definition) is 2. The zero-order valence-electron chi connectivity index (χ0n) is 13.7. The lowest BCUT2D eigenvalue weighted by molar-refractivity contribution is -0.119. The normalized spacial score (nSPS) is 12.5. The van der Waals surface area contributed by atoms with Gasteiger partial charge in [-0.15, -0.1) is 0 Å². The van der Waals surface area contributed by atoms with Gasteiger partial charge in [0.2, 0.25) is 0 Å². The third kappa shape index (κ3) is 3.70. The Morgan fingerprint density at radius 3 is 2.23 bits per heavy atom.